The molecule has 1 saturated carbocycles. The molecule has 1 aliphatic heterocycles. The minimum Gasteiger partial charge on any atom is -0.593 e. The van der Waals surface area contributed by atoms with E-state index in [2.05, 4.69) is 0 Å². The molecule has 1 aromatic heterocycles. The minimum absolute atomic E-state index is 0.0146. The van der Waals surface area contributed by atoms with Gasteiger partial charge in [0.1, 0.15) is 23.8 Å². The van der Waals surface area contributed by atoms with E-state index in [-0.39, 0.29) is 5.56 Å². The Bertz CT molecular complexity index is 912. The van der Waals surface area contributed by atoms with Crippen molar-refractivity contribution in [2.45, 2.75) is 26.7 Å². The molecule has 28 heavy (non-hydrogen) atoms. The number of hydrogen-bond donors (Lipinski definition) is 0. The van der Waals surface area contributed by atoms with Crippen LogP contribution >= 0.6 is 0 Å². The van der Waals surface area contributed by atoms with E-state index in [4.69, 9.17) is 9.47 Å². The molecule has 0 radical (unpaired) electrons. The van der Waals surface area contributed by atoms with Crippen LogP contribution in [-0.2, 0) is 18.4 Å². The van der Waals surface area contributed by atoms with Gasteiger partial charge in [0.2, 0.25) is 0 Å². The number of aromatic nitrogens is 1. The second-order valence-corrected chi connectivity index (χ2v) is 9.12. The summed E-state index contributed by atoms with van der Waals surface area (Å²) in [5, 5.41) is 0. The zero-order chi connectivity index (χ0) is 19.8. The second-order valence-electron chi connectivity index (χ2n) is 7.46. The Labute approximate surface area is 168 Å². The molecule has 0 saturated heterocycles. The maximum Gasteiger partial charge on any atom is 0.253 e. The van der Waals surface area contributed by atoms with Crippen molar-refractivity contribution in [3.63, 3.8) is 0 Å². The molecule has 1 atom stereocenters. The first-order valence-electron chi connectivity index (χ1n) is 9.75. The molecule has 1 unspecified atom stereocenters. The Morgan fingerprint density at radius 1 is 1.32 bits per heavy atom. The number of pyridine rings is 1. The number of benzene rings is 1. The molecule has 2 aliphatic rings. The summed E-state index contributed by atoms with van der Waals surface area (Å²) in [6.07, 6.45) is 4.24. The van der Waals surface area contributed by atoms with Gasteiger partial charge in [-0.25, -0.2) is 0 Å². The average Bonchev–Trinajstić information content (AvgIpc) is 3.52. The molecule has 1 fully saturated rings. The highest BCUT2D eigenvalue weighted by Gasteiger charge is 2.29. The lowest BCUT2D eigenvalue weighted by atomic mass is 10.0. The fourth-order valence-electron chi connectivity index (χ4n) is 3.45. The molecule has 2 heterocycles. The Kier molecular flexibility index (Phi) is 5.29. The van der Waals surface area contributed by atoms with Gasteiger partial charge in [-0.2, -0.15) is 4.31 Å². The molecule has 0 amide bonds. The SMILES string of the molecule is CC[S+]([O-])N1CCOc2cc(OCC3CC3)c(-c3cc(C)c(=O)n(C)c3)cc21. The lowest BCUT2D eigenvalue weighted by Crippen LogP contribution is -2.38. The highest BCUT2D eigenvalue weighted by molar-refractivity contribution is 7.92. The van der Waals surface area contributed by atoms with Crippen molar-refractivity contribution < 1.29 is 14.0 Å². The van der Waals surface area contributed by atoms with Crippen LogP contribution in [0.5, 0.6) is 11.5 Å². The van der Waals surface area contributed by atoms with Crippen LogP contribution < -0.4 is 19.3 Å². The Morgan fingerprint density at radius 3 is 2.79 bits per heavy atom. The summed E-state index contributed by atoms with van der Waals surface area (Å²) in [6, 6.07) is 5.79. The van der Waals surface area contributed by atoms with Crippen LogP contribution in [0.3, 0.4) is 0 Å². The summed E-state index contributed by atoms with van der Waals surface area (Å²) < 4.78 is 28.0. The number of hydrogen-bond acceptors (Lipinski definition) is 5. The Hall–Kier alpha value is -2.12. The number of aryl methyl sites for hydroxylation is 2. The van der Waals surface area contributed by atoms with Crippen molar-refractivity contribution in [2.75, 3.05) is 29.8 Å². The molecule has 2 aromatic rings. The highest BCUT2D eigenvalue weighted by atomic mass is 32.2. The number of rotatable bonds is 6. The maximum atomic E-state index is 12.5. The van der Waals surface area contributed by atoms with Gasteiger partial charge < -0.3 is 18.6 Å². The van der Waals surface area contributed by atoms with E-state index in [1.54, 1.807) is 11.6 Å². The Morgan fingerprint density at radius 2 is 2.11 bits per heavy atom. The van der Waals surface area contributed by atoms with Gasteiger partial charge in [-0.15, -0.1) is 0 Å². The van der Waals surface area contributed by atoms with Gasteiger partial charge in [-0.1, -0.05) is 0 Å². The highest BCUT2D eigenvalue weighted by Crippen LogP contribution is 2.43. The second kappa shape index (κ2) is 7.72. The average molecular weight is 403 g/mol. The van der Waals surface area contributed by atoms with Gasteiger partial charge >= 0.3 is 0 Å². The van der Waals surface area contributed by atoms with Crippen LogP contribution in [0.4, 0.5) is 5.69 Å². The molecule has 7 heteroatoms. The van der Waals surface area contributed by atoms with Gasteiger partial charge in [0, 0.05) is 36.0 Å². The lowest BCUT2D eigenvalue weighted by molar-refractivity contribution is 0.291. The fourth-order valence-corrected chi connectivity index (χ4v) is 4.40. The smallest absolute Gasteiger partial charge is 0.253 e. The zero-order valence-corrected chi connectivity index (χ0v) is 17.4. The standard InChI is InChI=1S/C21H26N2O4S/c1-4-28(25)23-7-8-26-20-11-19(27-13-15-5-6-15)17(10-18(20)23)16-9-14(2)21(24)22(3)12-16/h9-12,15H,4-8,13H2,1-3H3. The third-order valence-corrected chi connectivity index (χ3v) is 6.58. The minimum atomic E-state index is -1.10. The van der Waals surface area contributed by atoms with E-state index in [1.807, 2.05) is 42.5 Å². The molecule has 0 spiro atoms. The van der Waals surface area contributed by atoms with Crippen LogP contribution in [0.1, 0.15) is 25.3 Å². The molecule has 150 valence electrons. The van der Waals surface area contributed by atoms with E-state index < -0.39 is 11.4 Å². The summed E-state index contributed by atoms with van der Waals surface area (Å²) in [4.78, 5) is 12.1. The predicted molar refractivity (Wildman–Crippen MR) is 112 cm³/mol. The monoisotopic (exact) mass is 402 g/mol. The third-order valence-electron chi connectivity index (χ3n) is 5.22. The quantitative estimate of drug-likeness (QED) is 0.695. The summed E-state index contributed by atoms with van der Waals surface area (Å²) >= 11 is -1.10. The van der Waals surface area contributed by atoms with E-state index in [1.165, 1.54) is 12.8 Å². The summed E-state index contributed by atoms with van der Waals surface area (Å²) in [5.41, 5.74) is 3.27. The van der Waals surface area contributed by atoms with E-state index in [0.29, 0.717) is 42.7 Å². The van der Waals surface area contributed by atoms with Gasteiger partial charge in [-0.3, -0.25) is 4.79 Å². The lowest BCUT2D eigenvalue weighted by Gasteiger charge is -2.31. The molecular formula is C21H26N2O4S. The summed E-state index contributed by atoms with van der Waals surface area (Å²) in [7, 11) is 1.75. The fraction of sp³-hybridized carbons (Fsp3) is 0.476. The van der Waals surface area contributed by atoms with E-state index >= 15 is 0 Å². The van der Waals surface area contributed by atoms with Crippen molar-refractivity contribution in [3.8, 4) is 22.6 Å². The molecule has 1 aliphatic carbocycles. The third kappa shape index (κ3) is 3.73. The number of nitrogens with zero attached hydrogens (tertiary/aromatic N) is 2. The van der Waals surface area contributed by atoms with Crippen LogP contribution in [0.25, 0.3) is 11.1 Å². The topological polar surface area (TPSA) is 66.8 Å². The van der Waals surface area contributed by atoms with Gasteiger partial charge in [0.15, 0.2) is 5.75 Å². The molecule has 0 bridgehead atoms. The first kappa shape index (κ1) is 19.2. The molecule has 6 nitrogen and oxygen atoms in total. The van der Waals surface area contributed by atoms with Crippen molar-refractivity contribution in [1.82, 2.24) is 4.57 Å². The first-order chi connectivity index (χ1) is 13.5. The van der Waals surface area contributed by atoms with Crippen molar-refractivity contribution in [2.24, 2.45) is 13.0 Å². The van der Waals surface area contributed by atoms with E-state index in [0.717, 1.165) is 22.6 Å². The van der Waals surface area contributed by atoms with Crippen LogP contribution in [0.2, 0.25) is 0 Å². The van der Waals surface area contributed by atoms with E-state index in [9.17, 15) is 9.35 Å². The van der Waals surface area contributed by atoms with Gasteiger partial charge in [-0.05, 0) is 44.7 Å². The van der Waals surface area contributed by atoms with Crippen LogP contribution in [0, 0.1) is 12.8 Å². The summed E-state index contributed by atoms with van der Waals surface area (Å²) in [5.74, 6) is 2.61. The molecule has 4 rings (SSSR count). The molecule has 1 aromatic carbocycles. The van der Waals surface area contributed by atoms with Crippen molar-refractivity contribution in [3.05, 3.63) is 40.3 Å². The first-order valence-corrected chi connectivity index (χ1v) is 11.0. The normalized spacial score (nSPS) is 17.1. The van der Waals surface area contributed by atoms with Crippen LogP contribution in [-0.4, -0.2) is 34.6 Å². The predicted octanol–water partition coefficient (Wildman–Crippen LogP) is 3.03. The Balaban J connectivity index is 1.83. The van der Waals surface area contributed by atoms with Gasteiger partial charge in [0.05, 0.1) is 24.5 Å². The number of ether oxygens (including phenoxy) is 2. The van der Waals surface area contributed by atoms with Crippen molar-refractivity contribution in [1.29, 1.82) is 0 Å². The van der Waals surface area contributed by atoms with Crippen molar-refractivity contribution >= 4 is 17.0 Å². The number of anilines is 1. The van der Waals surface area contributed by atoms with Crippen LogP contribution in [0.15, 0.2) is 29.2 Å². The number of fused-ring (bicyclic) bond motifs is 1. The largest absolute Gasteiger partial charge is 0.593 e. The zero-order valence-electron chi connectivity index (χ0n) is 16.6. The maximum absolute atomic E-state index is 12.5. The van der Waals surface area contributed by atoms with Gasteiger partial charge in [0.25, 0.3) is 5.56 Å². The molecular weight excluding hydrogens is 376 g/mol. The molecule has 0 N–H and O–H groups in total. The summed E-state index contributed by atoms with van der Waals surface area (Å²) in [6.45, 7) is 5.49.